The molecule has 0 amide bonds. The summed E-state index contributed by atoms with van der Waals surface area (Å²) in [4.78, 5) is 11.0. The molecule has 0 saturated heterocycles. The van der Waals surface area contributed by atoms with Crippen LogP contribution in [0.25, 0.3) is 5.69 Å². The van der Waals surface area contributed by atoms with E-state index in [9.17, 15) is 4.79 Å². The zero-order valence-electron chi connectivity index (χ0n) is 7.70. The molecule has 2 rings (SSSR count). The van der Waals surface area contributed by atoms with Gasteiger partial charge in [-0.15, -0.1) is 0 Å². The van der Waals surface area contributed by atoms with Crippen LogP contribution in [-0.4, -0.2) is 9.78 Å². The molecule has 0 saturated carbocycles. The summed E-state index contributed by atoms with van der Waals surface area (Å²) < 4.78 is 1.59. The van der Waals surface area contributed by atoms with Gasteiger partial charge < -0.3 is 0 Å². The molecule has 0 aliphatic rings. The Bertz CT molecular complexity index is 463. The Balaban J connectivity index is 0.000000980. The molecular weight excluding hydrogens is 211 g/mol. The van der Waals surface area contributed by atoms with E-state index < -0.39 is 0 Å². The Hall–Kier alpha value is -0.480. The number of nitrogens with zero attached hydrogens (tertiary/aromatic N) is 1. The number of hydrogen-bond acceptors (Lipinski definition) is 1. The van der Waals surface area contributed by atoms with Crippen molar-refractivity contribution in [2.24, 2.45) is 0 Å². The van der Waals surface area contributed by atoms with Crippen LogP contribution in [0.3, 0.4) is 0 Å². The van der Waals surface area contributed by atoms with Crippen LogP contribution in [0.15, 0.2) is 41.3 Å². The van der Waals surface area contributed by atoms with E-state index in [2.05, 4.69) is 5.10 Å². The molecule has 66 valence electrons. The minimum atomic E-state index is -0.273. The number of hydrogen-bond donors (Lipinski definition) is 1. The van der Waals surface area contributed by atoms with Crippen LogP contribution in [0.4, 0.5) is 0 Å². The van der Waals surface area contributed by atoms with E-state index >= 15 is 0 Å². The van der Waals surface area contributed by atoms with Crippen LogP contribution < -0.4 is 35.1 Å². The van der Waals surface area contributed by atoms with Crippen molar-refractivity contribution in [2.75, 3.05) is 0 Å². The van der Waals surface area contributed by atoms with Gasteiger partial charge in [-0.05, 0) is 12.1 Å². The average Bonchev–Trinajstić information content (AvgIpc) is 2.49. The molecule has 0 bridgehead atoms. The van der Waals surface area contributed by atoms with Crippen LogP contribution in [0.1, 0.15) is 0 Å². The van der Waals surface area contributed by atoms with Crippen molar-refractivity contribution in [1.82, 2.24) is 9.78 Å². The first kappa shape index (κ1) is 11.6. The van der Waals surface area contributed by atoms with Gasteiger partial charge in [0, 0.05) is 0 Å². The number of aromatic nitrogens is 2. The van der Waals surface area contributed by atoms with E-state index in [0.29, 0.717) is 0 Å². The summed E-state index contributed by atoms with van der Waals surface area (Å²) in [5, 5.41) is 2.79. The summed E-state index contributed by atoms with van der Waals surface area (Å²) in [6, 6.07) is 9.45. The molecule has 3 nitrogen and oxygen atoms in total. The molecule has 0 radical (unpaired) electrons. The third-order valence-corrected chi connectivity index (χ3v) is 1.98. The summed E-state index contributed by atoms with van der Waals surface area (Å²) in [6.07, 6.45) is 1.55. The predicted molar refractivity (Wildman–Crippen MR) is 51.4 cm³/mol. The van der Waals surface area contributed by atoms with Crippen LogP contribution in [0, 0.1) is 0 Å². The molecule has 1 aromatic heterocycles. The normalized spacial score (nSPS) is 9.50. The first-order valence-corrected chi connectivity index (χ1v) is 4.18. The number of rotatable bonds is 1. The van der Waals surface area contributed by atoms with E-state index in [-0.39, 0.29) is 40.1 Å². The van der Waals surface area contributed by atoms with Gasteiger partial charge in [0.1, 0.15) is 5.02 Å². The van der Waals surface area contributed by atoms with Crippen molar-refractivity contribution in [3.8, 4) is 5.69 Å². The molecule has 0 fully saturated rings. The van der Waals surface area contributed by atoms with Gasteiger partial charge in [0.2, 0.25) is 0 Å². The standard InChI is InChI=1S/C9H7ClN2O.Na/c10-8-6-12(11-9(8)13)7-4-2-1-3-5-7;/h1-6H,(H,11,13);/q;+1. The summed E-state index contributed by atoms with van der Waals surface area (Å²) in [6.45, 7) is 0. The molecule has 0 spiro atoms. The first-order valence-electron chi connectivity index (χ1n) is 3.80. The van der Waals surface area contributed by atoms with Gasteiger partial charge in [0.05, 0.1) is 11.9 Å². The number of para-hydroxylation sites is 1. The minimum Gasteiger partial charge on any atom is -0.266 e. The number of benzene rings is 1. The molecule has 0 aliphatic heterocycles. The second-order valence-electron chi connectivity index (χ2n) is 2.62. The van der Waals surface area contributed by atoms with E-state index in [4.69, 9.17) is 11.6 Å². The van der Waals surface area contributed by atoms with Crippen molar-refractivity contribution < 1.29 is 29.6 Å². The molecule has 5 heteroatoms. The number of H-pyrrole nitrogens is 1. The van der Waals surface area contributed by atoms with Crippen molar-refractivity contribution in [1.29, 1.82) is 0 Å². The summed E-state index contributed by atoms with van der Waals surface area (Å²) in [7, 11) is 0. The Kier molecular flexibility index (Phi) is 4.01. The average molecular weight is 218 g/mol. The van der Waals surface area contributed by atoms with Crippen LogP contribution in [0.2, 0.25) is 5.02 Å². The van der Waals surface area contributed by atoms with E-state index in [1.54, 1.807) is 10.9 Å². The molecule has 1 N–H and O–H groups in total. The molecule has 14 heavy (non-hydrogen) atoms. The summed E-state index contributed by atoms with van der Waals surface area (Å²) >= 11 is 5.61. The van der Waals surface area contributed by atoms with E-state index in [0.717, 1.165) is 5.69 Å². The monoisotopic (exact) mass is 217 g/mol. The third-order valence-electron chi connectivity index (χ3n) is 1.72. The Morgan fingerprint density at radius 1 is 1.21 bits per heavy atom. The van der Waals surface area contributed by atoms with Crippen LogP contribution in [0.5, 0.6) is 0 Å². The van der Waals surface area contributed by atoms with Gasteiger partial charge in [-0.3, -0.25) is 14.6 Å². The summed E-state index contributed by atoms with van der Waals surface area (Å²) in [5.74, 6) is 0. The second-order valence-corrected chi connectivity index (χ2v) is 3.03. The first-order chi connectivity index (χ1) is 6.27. The molecule has 1 aromatic carbocycles. The van der Waals surface area contributed by atoms with Crippen molar-refractivity contribution in [3.63, 3.8) is 0 Å². The maximum Gasteiger partial charge on any atom is 1.00 e. The molecule has 1 heterocycles. The molecule has 0 unspecified atom stereocenters. The van der Waals surface area contributed by atoms with Crippen molar-refractivity contribution >= 4 is 11.6 Å². The predicted octanol–water partition coefficient (Wildman–Crippen LogP) is -1.18. The molecule has 2 aromatic rings. The van der Waals surface area contributed by atoms with Gasteiger partial charge in [-0.1, -0.05) is 29.8 Å². The second kappa shape index (κ2) is 4.84. The molecule has 0 aliphatic carbocycles. The molecular formula is C9H7ClN2NaO+. The van der Waals surface area contributed by atoms with Crippen LogP contribution in [-0.2, 0) is 0 Å². The smallest absolute Gasteiger partial charge is 0.266 e. The third kappa shape index (κ3) is 2.30. The largest absolute Gasteiger partial charge is 1.00 e. The topological polar surface area (TPSA) is 37.8 Å². The number of nitrogens with one attached hydrogen (secondary N) is 1. The Morgan fingerprint density at radius 2 is 1.86 bits per heavy atom. The van der Waals surface area contributed by atoms with Crippen molar-refractivity contribution in [3.05, 3.63) is 51.9 Å². The Labute approximate surface area is 108 Å². The minimum absolute atomic E-state index is 0. The maximum absolute atomic E-state index is 11.0. The van der Waals surface area contributed by atoms with Gasteiger partial charge in [0.15, 0.2) is 0 Å². The van der Waals surface area contributed by atoms with Gasteiger partial charge in [0.25, 0.3) is 5.56 Å². The molecule has 0 atom stereocenters. The van der Waals surface area contributed by atoms with Gasteiger partial charge >= 0.3 is 29.6 Å². The fourth-order valence-corrected chi connectivity index (χ4v) is 1.23. The Morgan fingerprint density at radius 3 is 2.36 bits per heavy atom. The number of aromatic amines is 1. The zero-order valence-corrected chi connectivity index (χ0v) is 10.5. The quantitative estimate of drug-likeness (QED) is 0.601. The van der Waals surface area contributed by atoms with Gasteiger partial charge in [-0.25, -0.2) is 0 Å². The van der Waals surface area contributed by atoms with Crippen LogP contribution >= 0.6 is 11.6 Å². The fourth-order valence-electron chi connectivity index (χ4n) is 1.09. The number of halogens is 1. The SMILES string of the molecule is O=c1[nH]n(-c2ccccc2)cc1Cl.[Na+]. The van der Waals surface area contributed by atoms with E-state index in [1.807, 2.05) is 30.3 Å². The fraction of sp³-hybridized carbons (Fsp3) is 0. The maximum atomic E-state index is 11.0. The zero-order chi connectivity index (χ0) is 9.26. The summed E-state index contributed by atoms with van der Waals surface area (Å²) in [5.41, 5.74) is 0.608. The van der Waals surface area contributed by atoms with E-state index in [1.165, 1.54) is 0 Å². The van der Waals surface area contributed by atoms with Gasteiger partial charge in [-0.2, -0.15) is 0 Å². The van der Waals surface area contributed by atoms with Crippen molar-refractivity contribution in [2.45, 2.75) is 0 Å².